The second-order valence-corrected chi connectivity index (χ2v) is 5.10. The maximum absolute atomic E-state index is 11.9. The van der Waals surface area contributed by atoms with Crippen molar-refractivity contribution in [2.75, 3.05) is 12.3 Å². The Morgan fingerprint density at radius 3 is 2.69 bits per heavy atom. The van der Waals surface area contributed by atoms with E-state index in [0.29, 0.717) is 18.7 Å². The number of nitrogens with one attached hydrogen (secondary N) is 1. The molecule has 0 bridgehead atoms. The molecule has 3 N–H and O–H groups in total. The Kier molecular flexibility index (Phi) is 3.71. The molecule has 0 fully saturated rings. The number of hydrogen-bond donors (Lipinski definition) is 2. The van der Waals surface area contributed by atoms with Gasteiger partial charge in [0.1, 0.15) is 4.90 Å². The number of sulfonamides is 1. The van der Waals surface area contributed by atoms with Crippen LogP contribution in [0.1, 0.15) is 12.1 Å². The number of rotatable bonds is 5. The molecule has 0 aliphatic carbocycles. The van der Waals surface area contributed by atoms with Crippen molar-refractivity contribution in [3.05, 3.63) is 18.3 Å². The number of nitrogens with zero attached hydrogens (tertiary/aromatic N) is 2. The zero-order valence-corrected chi connectivity index (χ0v) is 10.2. The standard InChI is InChI=1S/C9H16N4O2S/c1-4-5-6-11-16(14,15)8-7(2)13(3)12-9(8)10/h4,11H,1,5-6H2,2-3H3,(H2,10,12). The van der Waals surface area contributed by atoms with Gasteiger partial charge in [0.15, 0.2) is 5.82 Å². The maximum Gasteiger partial charge on any atom is 0.246 e. The molecule has 0 aliphatic rings. The Labute approximate surface area is 95.2 Å². The molecule has 90 valence electrons. The van der Waals surface area contributed by atoms with Gasteiger partial charge in [0, 0.05) is 13.6 Å². The van der Waals surface area contributed by atoms with Gasteiger partial charge in [0.25, 0.3) is 0 Å². The van der Waals surface area contributed by atoms with E-state index in [2.05, 4.69) is 16.4 Å². The zero-order valence-electron chi connectivity index (χ0n) is 9.40. The van der Waals surface area contributed by atoms with Crippen LogP contribution in [-0.2, 0) is 17.1 Å². The topological polar surface area (TPSA) is 90.0 Å². The lowest BCUT2D eigenvalue weighted by Gasteiger charge is -2.05. The van der Waals surface area contributed by atoms with E-state index in [9.17, 15) is 8.42 Å². The van der Waals surface area contributed by atoms with Crippen molar-refractivity contribution >= 4 is 15.8 Å². The highest BCUT2D eigenvalue weighted by atomic mass is 32.2. The number of nitrogens with two attached hydrogens (primary N) is 1. The molecular formula is C9H16N4O2S. The van der Waals surface area contributed by atoms with Gasteiger partial charge < -0.3 is 5.73 Å². The first-order valence-electron chi connectivity index (χ1n) is 4.79. The number of anilines is 1. The van der Waals surface area contributed by atoms with Crippen LogP contribution in [0.15, 0.2) is 17.6 Å². The summed E-state index contributed by atoms with van der Waals surface area (Å²) in [5.41, 5.74) is 6.08. The molecule has 6 nitrogen and oxygen atoms in total. The monoisotopic (exact) mass is 244 g/mol. The number of aryl methyl sites for hydroxylation is 1. The summed E-state index contributed by atoms with van der Waals surface area (Å²) in [5.74, 6) is 0.0195. The van der Waals surface area contributed by atoms with Gasteiger partial charge in [-0.1, -0.05) is 6.08 Å². The number of hydrogen-bond acceptors (Lipinski definition) is 4. The largest absolute Gasteiger partial charge is 0.381 e. The first kappa shape index (κ1) is 12.7. The average molecular weight is 244 g/mol. The second-order valence-electron chi connectivity index (χ2n) is 3.40. The van der Waals surface area contributed by atoms with Crippen LogP contribution >= 0.6 is 0 Å². The summed E-state index contributed by atoms with van der Waals surface area (Å²) in [7, 11) is -1.93. The van der Waals surface area contributed by atoms with Gasteiger partial charge in [-0.2, -0.15) is 5.10 Å². The van der Waals surface area contributed by atoms with Gasteiger partial charge in [-0.3, -0.25) is 4.68 Å². The van der Waals surface area contributed by atoms with Gasteiger partial charge in [-0.05, 0) is 13.3 Å². The third-order valence-corrected chi connectivity index (χ3v) is 3.84. The van der Waals surface area contributed by atoms with Crippen molar-refractivity contribution in [1.82, 2.24) is 14.5 Å². The first-order chi connectivity index (χ1) is 7.40. The molecule has 0 unspecified atom stereocenters. The molecule has 0 aliphatic heterocycles. The molecule has 1 rings (SSSR count). The second kappa shape index (κ2) is 4.67. The van der Waals surface area contributed by atoms with Gasteiger partial charge in [-0.15, -0.1) is 6.58 Å². The summed E-state index contributed by atoms with van der Waals surface area (Å²) >= 11 is 0. The highest BCUT2D eigenvalue weighted by Crippen LogP contribution is 2.20. The van der Waals surface area contributed by atoms with Gasteiger partial charge in [-0.25, -0.2) is 13.1 Å². The zero-order chi connectivity index (χ0) is 12.3. The molecular weight excluding hydrogens is 228 g/mol. The average Bonchev–Trinajstić information content (AvgIpc) is 2.41. The van der Waals surface area contributed by atoms with E-state index in [1.807, 2.05) is 0 Å². The molecule has 0 saturated carbocycles. The highest BCUT2D eigenvalue weighted by Gasteiger charge is 2.23. The Morgan fingerprint density at radius 1 is 1.62 bits per heavy atom. The summed E-state index contributed by atoms with van der Waals surface area (Å²) in [6.07, 6.45) is 2.21. The Morgan fingerprint density at radius 2 is 2.25 bits per heavy atom. The van der Waals surface area contributed by atoms with E-state index in [4.69, 9.17) is 5.73 Å². The molecule has 0 aromatic carbocycles. The smallest absolute Gasteiger partial charge is 0.246 e. The van der Waals surface area contributed by atoms with E-state index in [0.717, 1.165) is 0 Å². The molecule has 0 amide bonds. The Bertz CT molecular complexity index is 490. The maximum atomic E-state index is 11.9. The number of nitrogen functional groups attached to an aromatic ring is 1. The summed E-state index contributed by atoms with van der Waals surface area (Å²) in [4.78, 5) is 0.0547. The fourth-order valence-corrected chi connectivity index (χ4v) is 2.68. The molecule has 1 aromatic rings. The highest BCUT2D eigenvalue weighted by molar-refractivity contribution is 7.89. The normalized spacial score (nSPS) is 11.6. The predicted octanol–water partition coefficient (Wildman–Crippen LogP) is 0.165. The molecule has 0 saturated heterocycles. The van der Waals surface area contributed by atoms with Crippen molar-refractivity contribution in [3.8, 4) is 0 Å². The summed E-state index contributed by atoms with van der Waals surface area (Å²) in [6, 6.07) is 0. The Balaban J connectivity index is 3.03. The van der Waals surface area contributed by atoms with Crippen LogP contribution in [0.4, 0.5) is 5.82 Å². The van der Waals surface area contributed by atoms with Crippen molar-refractivity contribution in [2.24, 2.45) is 7.05 Å². The van der Waals surface area contributed by atoms with Crippen LogP contribution in [0.2, 0.25) is 0 Å². The predicted molar refractivity (Wildman–Crippen MR) is 62.4 cm³/mol. The fourth-order valence-electron chi connectivity index (χ4n) is 1.31. The lowest BCUT2D eigenvalue weighted by Crippen LogP contribution is -2.25. The lowest BCUT2D eigenvalue weighted by molar-refractivity contribution is 0.581. The third-order valence-electron chi connectivity index (χ3n) is 2.21. The summed E-state index contributed by atoms with van der Waals surface area (Å²) < 4.78 is 27.6. The van der Waals surface area contributed by atoms with Crippen LogP contribution in [0, 0.1) is 6.92 Å². The van der Waals surface area contributed by atoms with Gasteiger partial charge in [0.2, 0.25) is 10.0 Å². The third kappa shape index (κ3) is 2.42. The van der Waals surface area contributed by atoms with Gasteiger partial charge >= 0.3 is 0 Å². The number of aromatic nitrogens is 2. The molecule has 0 atom stereocenters. The van der Waals surface area contributed by atoms with Crippen LogP contribution in [0.5, 0.6) is 0 Å². The fraction of sp³-hybridized carbons (Fsp3) is 0.444. The van der Waals surface area contributed by atoms with Crippen molar-refractivity contribution in [2.45, 2.75) is 18.2 Å². The quantitative estimate of drug-likeness (QED) is 0.570. The van der Waals surface area contributed by atoms with E-state index < -0.39 is 10.0 Å². The molecule has 0 radical (unpaired) electrons. The lowest BCUT2D eigenvalue weighted by atomic mass is 10.4. The SMILES string of the molecule is C=CCCNS(=O)(=O)c1c(N)nn(C)c1C. The molecule has 1 aromatic heterocycles. The van der Waals surface area contributed by atoms with E-state index >= 15 is 0 Å². The molecule has 7 heteroatoms. The molecule has 0 spiro atoms. The van der Waals surface area contributed by atoms with Crippen molar-refractivity contribution in [3.63, 3.8) is 0 Å². The first-order valence-corrected chi connectivity index (χ1v) is 6.28. The summed E-state index contributed by atoms with van der Waals surface area (Å²) in [6.45, 7) is 5.48. The molecule has 16 heavy (non-hydrogen) atoms. The van der Waals surface area contributed by atoms with Crippen LogP contribution in [-0.4, -0.2) is 24.7 Å². The minimum absolute atomic E-state index is 0.0195. The van der Waals surface area contributed by atoms with Crippen molar-refractivity contribution < 1.29 is 8.42 Å². The minimum Gasteiger partial charge on any atom is -0.381 e. The van der Waals surface area contributed by atoms with Crippen LogP contribution in [0.3, 0.4) is 0 Å². The molecule has 1 heterocycles. The van der Waals surface area contributed by atoms with E-state index in [-0.39, 0.29) is 10.7 Å². The van der Waals surface area contributed by atoms with Gasteiger partial charge in [0.05, 0.1) is 5.69 Å². The minimum atomic E-state index is -3.58. The van der Waals surface area contributed by atoms with Crippen molar-refractivity contribution in [1.29, 1.82) is 0 Å². The van der Waals surface area contributed by atoms with E-state index in [1.54, 1.807) is 20.0 Å². The van der Waals surface area contributed by atoms with Crippen LogP contribution < -0.4 is 10.5 Å². The van der Waals surface area contributed by atoms with E-state index in [1.165, 1.54) is 4.68 Å². The van der Waals surface area contributed by atoms with Crippen LogP contribution in [0.25, 0.3) is 0 Å². The summed E-state index contributed by atoms with van der Waals surface area (Å²) in [5, 5.41) is 3.86. The Hall–Kier alpha value is -1.34.